The number of halogens is 2. The normalized spacial score (nSPS) is 24.9. The second-order valence-corrected chi connectivity index (χ2v) is 5.34. The average Bonchev–Trinajstić information content (AvgIpc) is 2.33. The fourth-order valence-electron chi connectivity index (χ4n) is 2.06. The van der Waals surface area contributed by atoms with Crippen molar-refractivity contribution in [3.63, 3.8) is 0 Å². The van der Waals surface area contributed by atoms with E-state index < -0.39 is 0 Å². The van der Waals surface area contributed by atoms with Gasteiger partial charge in [0.05, 0.1) is 23.3 Å². The Morgan fingerprint density at radius 1 is 1.29 bits per heavy atom. The van der Waals surface area contributed by atoms with Crippen LogP contribution in [0.2, 0.25) is 0 Å². The summed E-state index contributed by atoms with van der Waals surface area (Å²) in [6.07, 6.45) is 3.51. The highest BCUT2D eigenvalue weighted by Crippen LogP contribution is 2.23. The third-order valence-corrected chi connectivity index (χ3v) is 3.72. The van der Waals surface area contributed by atoms with Gasteiger partial charge >= 0.3 is 0 Å². The van der Waals surface area contributed by atoms with Gasteiger partial charge in [0.15, 0.2) is 0 Å². The number of hydrogen-bond acceptors (Lipinski definition) is 2. The zero-order valence-electron chi connectivity index (χ0n) is 9.53. The molecule has 1 aromatic rings. The van der Waals surface area contributed by atoms with Crippen molar-refractivity contribution >= 4 is 15.9 Å². The van der Waals surface area contributed by atoms with E-state index in [1.54, 1.807) is 12.1 Å². The first-order valence-electron chi connectivity index (χ1n) is 5.89. The SMILES string of the molecule is OC1CCC(OCc2ccc(F)c(Br)c2)CC1. The molecule has 1 aliphatic carbocycles. The molecule has 1 fully saturated rings. The summed E-state index contributed by atoms with van der Waals surface area (Å²) in [6, 6.07) is 4.91. The molecule has 0 unspecified atom stereocenters. The zero-order valence-corrected chi connectivity index (χ0v) is 11.1. The van der Waals surface area contributed by atoms with Crippen LogP contribution >= 0.6 is 15.9 Å². The van der Waals surface area contributed by atoms with Crippen LogP contribution < -0.4 is 0 Å². The molecule has 0 saturated heterocycles. The lowest BCUT2D eigenvalue weighted by Gasteiger charge is -2.25. The Morgan fingerprint density at radius 3 is 2.65 bits per heavy atom. The number of rotatable bonds is 3. The molecule has 2 nitrogen and oxygen atoms in total. The topological polar surface area (TPSA) is 29.5 Å². The lowest BCUT2D eigenvalue weighted by atomic mass is 9.95. The molecule has 0 aliphatic heterocycles. The largest absolute Gasteiger partial charge is 0.393 e. The van der Waals surface area contributed by atoms with E-state index in [9.17, 15) is 9.50 Å². The molecule has 1 N–H and O–H groups in total. The minimum absolute atomic E-state index is 0.158. The molecule has 2 rings (SSSR count). The molecule has 17 heavy (non-hydrogen) atoms. The zero-order chi connectivity index (χ0) is 12.3. The maximum Gasteiger partial charge on any atom is 0.137 e. The van der Waals surface area contributed by atoms with Gasteiger partial charge in [0.1, 0.15) is 5.82 Å². The van der Waals surface area contributed by atoms with E-state index in [2.05, 4.69) is 15.9 Å². The maximum absolute atomic E-state index is 13.0. The van der Waals surface area contributed by atoms with Crippen molar-refractivity contribution in [3.8, 4) is 0 Å². The quantitative estimate of drug-likeness (QED) is 0.927. The Labute approximate surface area is 109 Å². The second kappa shape index (κ2) is 5.94. The number of hydrogen-bond donors (Lipinski definition) is 1. The van der Waals surface area contributed by atoms with Crippen LogP contribution in [0.1, 0.15) is 31.2 Å². The van der Waals surface area contributed by atoms with Gasteiger partial charge in [-0.3, -0.25) is 0 Å². The number of aliphatic hydroxyl groups excluding tert-OH is 1. The van der Waals surface area contributed by atoms with Gasteiger partial charge in [-0.05, 0) is 59.3 Å². The molecule has 0 radical (unpaired) electrons. The van der Waals surface area contributed by atoms with Crippen LogP contribution in [-0.4, -0.2) is 17.3 Å². The molecule has 94 valence electrons. The van der Waals surface area contributed by atoms with Crippen LogP contribution in [-0.2, 0) is 11.3 Å². The fraction of sp³-hybridized carbons (Fsp3) is 0.538. The molecule has 1 saturated carbocycles. The minimum atomic E-state index is -0.255. The Bertz CT molecular complexity index is 376. The molecule has 0 heterocycles. The Hall–Kier alpha value is -0.450. The lowest BCUT2D eigenvalue weighted by molar-refractivity contribution is -0.0118. The summed E-state index contributed by atoms with van der Waals surface area (Å²) >= 11 is 3.16. The summed E-state index contributed by atoms with van der Waals surface area (Å²) in [4.78, 5) is 0. The first kappa shape index (κ1) is 13.0. The van der Waals surface area contributed by atoms with Crippen molar-refractivity contribution in [1.29, 1.82) is 0 Å². The van der Waals surface area contributed by atoms with Gasteiger partial charge in [-0.15, -0.1) is 0 Å². The van der Waals surface area contributed by atoms with Crippen molar-refractivity contribution in [2.24, 2.45) is 0 Å². The molecular formula is C13H16BrFO2. The predicted molar refractivity (Wildman–Crippen MR) is 67.2 cm³/mol. The average molecular weight is 303 g/mol. The molecule has 1 aliphatic rings. The van der Waals surface area contributed by atoms with E-state index in [0.29, 0.717) is 11.1 Å². The third kappa shape index (κ3) is 3.76. The summed E-state index contributed by atoms with van der Waals surface area (Å²) in [6.45, 7) is 0.500. The number of benzene rings is 1. The summed E-state index contributed by atoms with van der Waals surface area (Å²) < 4.78 is 19.2. The van der Waals surface area contributed by atoms with E-state index in [0.717, 1.165) is 31.2 Å². The minimum Gasteiger partial charge on any atom is -0.393 e. The van der Waals surface area contributed by atoms with Crippen LogP contribution in [0.5, 0.6) is 0 Å². The van der Waals surface area contributed by atoms with E-state index in [1.165, 1.54) is 6.07 Å². The van der Waals surface area contributed by atoms with Gasteiger partial charge in [-0.1, -0.05) is 6.07 Å². The van der Waals surface area contributed by atoms with E-state index in [1.807, 2.05) is 0 Å². The Kier molecular flexibility index (Phi) is 4.54. The van der Waals surface area contributed by atoms with Crippen molar-refractivity contribution < 1.29 is 14.2 Å². The monoisotopic (exact) mass is 302 g/mol. The van der Waals surface area contributed by atoms with Gasteiger partial charge in [0.25, 0.3) is 0 Å². The summed E-state index contributed by atoms with van der Waals surface area (Å²) in [5, 5.41) is 9.38. The third-order valence-electron chi connectivity index (χ3n) is 3.11. The Balaban J connectivity index is 1.83. The summed E-state index contributed by atoms with van der Waals surface area (Å²) in [5.74, 6) is -0.255. The van der Waals surface area contributed by atoms with Crippen molar-refractivity contribution in [2.75, 3.05) is 0 Å². The van der Waals surface area contributed by atoms with Crippen molar-refractivity contribution in [3.05, 3.63) is 34.1 Å². The molecule has 0 atom stereocenters. The van der Waals surface area contributed by atoms with Gasteiger partial charge in [0, 0.05) is 0 Å². The van der Waals surface area contributed by atoms with Crippen LogP contribution in [0.15, 0.2) is 22.7 Å². The van der Waals surface area contributed by atoms with Gasteiger partial charge < -0.3 is 9.84 Å². The van der Waals surface area contributed by atoms with Crippen LogP contribution in [0.25, 0.3) is 0 Å². The van der Waals surface area contributed by atoms with Crippen molar-refractivity contribution in [1.82, 2.24) is 0 Å². The maximum atomic E-state index is 13.0. The van der Waals surface area contributed by atoms with Gasteiger partial charge in [-0.2, -0.15) is 0 Å². The molecule has 0 spiro atoms. The predicted octanol–water partition coefficient (Wildman–Crippen LogP) is 3.41. The lowest BCUT2D eigenvalue weighted by Crippen LogP contribution is -2.24. The molecular weight excluding hydrogens is 287 g/mol. The fourth-order valence-corrected chi connectivity index (χ4v) is 2.48. The number of aliphatic hydroxyl groups is 1. The smallest absolute Gasteiger partial charge is 0.137 e. The number of ether oxygens (including phenoxy) is 1. The van der Waals surface area contributed by atoms with Crippen LogP contribution in [0.4, 0.5) is 4.39 Å². The second-order valence-electron chi connectivity index (χ2n) is 4.49. The summed E-state index contributed by atoms with van der Waals surface area (Å²) in [7, 11) is 0. The van der Waals surface area contributed by atoms with E-state index >= 15 is 0 Å². The molecule has 4 heteroatoms. The standard InChI is InChI=1S/C13H16BrFO2/c14-12-7-9(1-6-13(12)15)8-17-11-4-2-10(16)3-5-11/h1,6-7,10-11,16H,2-5,8H2. The molecule has 1 aromatic carbocycles. The van der Waals surface area contributed by atoms with Gasteiger partial charge in [0.2, 0.25) is 0 Å². The highest BCUT2D eigenvalue weighted by molar-refractivity contribution is 9.10. The van der Waals surface area contributed by atoms with E-state index in [-0.39, 0.29) is 18.0 Å². The summed E-state index contributed by atoms with van der Waals surface area (Å²) in [5.41, 5.74) is 0.962. The first-order chi connectivity index (χ1) is 8.15. The van der Waals surface area contributed by atoms with E-state index in [4.69, 9.17) is 4.74 Å². The highest BCUT2D eigenvalue weighted by atomic mass is 79.9. The van der Waals surface area contributed by atoms with Gasteiger partial charge in [-0.25, -0.2) is 4.39 Å². The van der Waals surface area contributed by atoms with Crippen LogP contribution in [0, 0.1) is 5.82 Å². The molecule has 0 amide bonds. The van der Waals surface area contributed by atoms with Crippen LogP contribution in [0.3, 0.4) is 0 Å². The highest BCUT2D eigenvalue weighted by Gasteiger charge is 2.19. The molecule has 0 aromatic heterocycles. The Morgan fingerprint density at radius 2 is 2.00 bits per heavy atom. The van der Waals surface area contributed by atoms with Crippen molar-refractivity contribution in [2.45, 2.75) is 44.5 Å². The molecule has 0 bridgehead atoms. The first-order valence-corrected chi connectivity index (χ1v) is 6.68.